The first-order valence-corrected chi connectivity index (χ1v) is 7.14. The van der Waals surface area contributed by atoms with Gasteiger partial charge in [-0.3, -0.25) is 4.90 Å². The van der Waals surface area contributed by atoms with Gasteiger partial charge in [-0.2, -0.15) is 0 Å². The van der Waals surface area contributed by atoms with Gasteiger partial charge in [-0.25, -0.2) is 0 Å². The average molecular weight is 264 g/mol. The molecule has 1 rings (SSSR count). The molecule has 0 fully saturated rings. The minimum Gasteiger partial charge on any atom is -0.496 e. The highest BCUT2D eigenvalue weighted by atomic mass is 16.5. The van der Waals surface area contributed by atoms with Crippen molar-refractivity contribution in [3.8, 4) is 5.75 Å². The molecule has 108 valence electrons. The first-order valence-electron chi connectivity index (χ1n) is 7.14. The highest BCUT2D eigenvalue weighted by Gasteiger charge is 2.14. The average Bonchev–Trinajstić information content (AvgIpc) is 2.39. The van der Waals surface area contributed by atoms with Crippen LogP contribution in [0.15, 0.2) is 24.3 Å². The number of hydrogen-bond donors (Lipinski definition) is 1. The van der Waals surface area contributed by atoms with E-state index in [2.05, 4.69) is 50.2 Å². The van der Waals surface area contributed by atoms with Gasteiger partial charge < -0.3 is 10.1 Å². The lowest BCUT2D eigenvalue weighted by Gasteiger charge is -2.28. The van der Waals surface area contributed by atoms with Crippen LogP contribution in [0.1, 0.15) is 32.8 Å². The molecule has 2 atom stereocenters. The lowest BCUT2D eigenvalue weighted by atomic mass is 10.1. The van der Waals surface area contributed by atoms with Crippen LogP contribution in [0.2, 0.25) is 0 Å². The number of ether oxygens (including phenoxy) is 1. The number of nitrogens with one attached hydrogen (secondary N) is 1. The molecule has 0 aliphatic carbocycles. The van der Waals surface area contributed by atoms with Gasteiger partial charge in [0.05, 0.1) is 7.11 Å². The van der Waals surface area contributed by atoms with E-state index >= 15 is 0 Å². The van der Waals surface area contributed by atoms with E-state index in [1.165, 1.54) is 5.56 Å². The summed E-state index contributed by atoms with van der Waals surface area (Å²) in [6.45, 7) is 8.63. The van der Waals surface area contributed by atoms with Gasteiger partial charge in [-0.1, -0.05) is 25.1 Å². The van der Waals surface area contributed by atoms with Crippen LogP contribution in [-0.4, -0.2) is 37.7 Å². The molecule has 0 amide bonds. The van der Waals surface area contributed by atoms with Crippen LogP contribution in [0.25, 0.3) is 0 Å². The van der Waals surface area contributed by atoms with Gasteiger partial charge >= 0.3 is 0 Å². The van der Waals surface area contributed by atoms with Crippen LogP contribution in [0, 0.1) is 0 Å². The standard InChI is InChI=1S/C16H28N2O/c1-6-17-13(2)11-14(3)18(4)12-15-9-7-8-10-16(15)19-5/h7-10,13-14,17H,6,11-12H2,1-5H3. The van der Waals surface area contributed by atoms with E-state index < -0.39 is 0 Å². The molecule has 3 nitrogen and oxygen atoms in total. The number of rotatable bonds is 8. The van der Waals surface area contributed by atoms with Crippen molar-refractivity contribution >= 4 is 0 Å². The Kier molecular flexibility index (Phi) is 6.89. The summed E-state index contributed by atoms with van der Waals surface area (Å²) >= 11 is 0. The van der Waals surface area contributed by atoms with E-state index in [1.807, 2.05) is 12.1 Å². The molecular weight excluding hydrogens is 236 g/mol. The summed E-state index contributed by atoms with van der Waals surface area (Å²) in [7, 11) is 3.91. The predicted octanol–water partition coefficient (Wildman–Crippen LogP) is 2.90. The van der Waals surface area contributed by atoms with Crippen molar-refractivity contribution < 1.29 is 4.74 Å². The molecule has 19 heavy (non-hydrogen) atoms. The van der Waals surface area contributed by atoms with Crippen LogP contribution in [0.5, 0.6) is 5.75 Å². The van der Waals surface area contributed by atoms with Crippen molar-refractivity contribution in [2.75, 3.05) is 20.7 Å². The molecule has 0 radical (unpaired) electrons. The van der Waals surface area contributed by atoms with Gasteiger partial charge in [0.2, 0.25) is 0 Å². The van der Waals surface area contributed by atoms with Crippen molar-refractivity contribution in [3.05, 3.63) is 29.8 Å². The molecular formula is C16H28N2O. The quantitative estimate of drug-likeness (QED) is 0.781. The van der Waals surface area contributed by atoms with Gasteiger partial charge in [0.15, 0.2) is 0 Å². The summed E-state index contributed by atoms with van der Waals surface area (Å²) in [5.41, 5.74) is 1.25. The van der Waals surface area contributed by atoms with Crippen LogP contribution < -0.4 is 10.1 Å². The maximum Gasteiger partial charge on any atom is 0.123 e. The Morgan fingerprint density at radius 3 is 2.58 bits per heavy atom. The van der Waals surface area contributed by atoms with Crippen molar-refractivity contribution in [2.45, 2.75) is 45.8 Å². The van der Waals surface area contributed by atoms with E-state index in [4.69, 9.17) is 4.74 Å². The maximum atomic E-state index is 5.41. The zero-order valence-electron chi connectivity index (χ0n) is 12.9. The van der Waals surface area contributed by atoms with Crippen molar-refractivity contribution in [2.24, 2.45) is 0 Å². The summed E-state index contributed by atoms with van der Waals surface area (Å²) in [5.74, 6) is 0.973. The normalized spacial score (nSPS) is 14.4. The molecule has 1 N–H and O–H groups in total. The van der Waals surface area contributed by atoms with Gasteiger partial charge in [-0.15, -0.1) is 0 Å². The van der Waals surface area contributed by atoms with Crippen LogP contribution in [-0.2, 0) is 6.54 Å². The third-order valence-corrected chi connectivity index (χ3v) is 3.61. The Labute approximate surface area is 118 Å². The van der Waals surface area contributed by atoms with E-state index in [0.717, 1.165) is 25.3 Å². The monoisotopic (exact) mass is 264 g/mol. The molecule has 0 aromatic heterocycles. The Hall–Kier alpha value is -1.06. The maximum absolute atomic E-state index is 5.41. The smallest absolute Gasteiger partial charge is 0.123 e. The highest BCUT2D eigenvalue weighted by Crippen LogP contribution is 2.20. The number of nitrogens with zero attached hydrogens (tertiary/aromatic N) is 1. The minimum absolute atomic E-state index is 0.541. The van der Waals surface area contributed by atoms with E-state index in [-0.39, 0.29) is 0 Å². The molecule has 0 bridgehead atoms. The molecule has 0 saturated carbocycles. The predicted molar refractivity (Wildman–Crippen MR) is 81.7 cm³/mol. The lowest BCUT2D eigenvalue weighted by Crippen LogP contribution is -2.36. The second-order valence-corrected chi connectivity index (χ2v) is 5.27. The minimum atomic E-state index is 0.541. The van der Waals surface area contributed by atoms with E-state index in [0.29, 0.717) is 12.1 Å². The topological polar surface area (TPSA) is 24.5 Å². The number of hydrogen-bond acceptors (Lipinski definition) is 3. The van der Waals surface area contributed by atoms with Crippen LogP contribution in [0.4, 0.5) is 0 Å². The molecule has 1 aromatic rings. The zero-order valence-corrected chi connectivity index (χ0v) is 12.9. The third kappa shape index (κ3) is 5.21. The Morgan fingerprint density at radius 2 is 1.95 bits per heavy atom. The van der Waals surface area contributed by atoms with Crippen molar-refractivity contribution in [1.29, 1.82) is 0 Å². The first-order chi connectivity index (χ1) is 9.08. The second kappa shape index (κ2) is 8.18. The fourth-order valence-corrected chi connectivity index (χ4v) is 2.38. The van der Waals surface area contributed by atoms with Gasteiger partial charge in [-0.05, 0) is 39.9 Å². The highest BCUT2D eigenvalue weighted by molar-refractivity contribution is 5.33. The summed E-state index contributed by atoms with van der Waals surface area (Å²) in [6, 6.07) is 9.33. The molecule has 0 aliphatic rings. The molecule has 3 heteroatoms. The third-order valence-electron chi connectivity index (χ3n) is 3.61. The van der Waals surface area contributed by atoms with Gasteiger partial charge in [0, 0.05) is 24.2 Å². The van der Waals surface area contributed by atoms with Gasteiger partial charge in [0.1, 0.15) is 5.75 Å². The Bertz CT molecular complexity index is 368. The number of para-hydroxylation sites is 1. The summed E-state index contributed by atoms with van der Waals surface area (Å²) in [5, 5.41) is 3.47. The largest absolute Gasteiger partial charge is 0.496 e. The van der Waals surface area contributed by atoms with Crippen LogP contribution in [0.3, 0.4) is 0 Å². The summed E-state index contributed by atoms with van der Waals surface area (Å²) in [6.07, 6.45) is 1.15. The fourth-order valence-electron chi connectivity index (χ4n) is 2.38. The van der Waals surface area contributed by atoms with E-state index in [1.54, 1.807) is 7.11 Å². The Morgan fingerprint density at radius 1 is 1.26 bits per heavy atom. The zero-order chi connectivity index (χ0) is 14.3. The fraction of sp³-hybridized carbons (Fsp3) is 0.625. The second-order valence-electron chi connectivity index (χ2n) is 5.27. The number of benzene rings is 1. The molecule has 2 unspecified atom stereocenters. The lowest BCUT2D eigenvalue weighted by molar-refractivity contribution is 0.220. The molecule has 0 heterocycles. The number of methoxy groups -OCH3 is 1. The van der Waals surface area contributed by atoms with E-state index in [9.17, 15) is 0 Å². The first kappa shape index (κ1) is 16.0. The summed E-state index contributed by atoms with van der Waals surface area (Å²) < 4.78 is 5.41. The van der Waals surface area contributed by atoms with Crippen LogP contribution >= 0.6 is 0 Å². The SMILES string of the molecule is CCNC(C)CC(C)N(C)Cc1ccccc1OC. The molecule has 1 aromatic carbocycles. The van der Waals surface area contributed by atoms with Crippen molar-refractivity contribution in [1.82, 2.24) is 10.2 Å². The molecule has 0 aliphatic heterocycles. The Balaban J connectivity index is 2.55. The van der Waals surface area contributed by atoms with Crippen molar-refractivity contribution in [3.63, 3.8) is 0 Å². The summed E-state index contributed by atoms with van der Waals surface area (Å²) in [4.78, 5) is 2.38. The molecule has 0 saturated heterocycles. The van der Waals surface area contributed by atoms with Gasteiger partial charge in [0.25, 0.3) is 0 Å². The molecule has 0 spiro atoms.